The molecule has 0 aliphatic rings. The van der Waals surface area contributed by atoms with Crippen molar-refractivity contribution in [2.45, 2.75) is 26.8 Å². The highest BCUT2D eigenvalue weighted by Gasteiger charge is 2.14. The molecule has 0 bridgehead atoms. The Balaban J connectivity index is 3.22. The van der Waals surface area contributed by atoms with Gasteiger partial charge in [-0.15, -0.1) is 6.58 Å². The van der Waals surface area contributed by atoms with Gasteiger partial charge in [-0.05, 0) is 32.9 Å². The van der Waals surface area contributed by atoms with E-state index in [1.165, 1.54) is 0 Å². The number of aryl methyl sites for hydroxylation is 1. The fourth-order valence-electron chi connectivity index (χ4n) is 1.53. The average molecular weight is 215 g/mol. The number of aromatic nitrogens is 1. The number of hydrogen-bond donors (Lipinski definition) is 0. The third-order valence-electron chi connectivity index (χ3n) is 2.36. The van der Waals surface area contributed by atoms with Crippen molar-refractivity contribution in [3.05, 3.63) is 36.0 Å². The predicted octanol–water partition coefficient (Wildman–Crippen LogP) is 2.66. The quantitative estimate of drug-likeness (QED) is 0.725. The second kappa shape index (κ2) is 5.32. The highest BCUT2D eigenvalue weighted by atomic mass is 15.2. The Bertz CT molecular complexity index is 416. The van der Waals surface area contributed by atoms with E-state index in [-0.39, 0.29) is 0 Å². The number of pyridine rings is 1. The normalized spacial score (nSPS) is 9.94. The van der Waals surface area contributed by atoms with Crippen molar-refractivity contribution in [3.8, 4) is 6.07 Å². The van der Waals surface area contributed by atoms with Crippen molar-refractivity contribution in [1.29, 1.82) is 5.26 Å². The summed E-state index contributed by atoms with van der Waals surface area (Å²) >= 11 is 0. The molecule has 0 amide bonds. The zero-order valence-corrected chi connectivity index (χ0v) is 10.1. The summed E-state index contributed by atoms with van der Waals surface area (Å²) in [5, 5.41) is 9.07. The van der Waals surface area contributed by atoms with Gasteiger partial charge in [0.2, 0.25) is 0 Å². The Morgan fingerprint density at radius 2 is 2.25 bits per heavy atom. The molecule has 0 atom stereocenters. The van der Waals surface area contributed by atoms with Crippen LogP contribution in [0.4, 0.5) is 5.82 Å². The molecular weight excluding hydrogens is 198 g/mol. The summed E-state index contributed by atoms with van der Waals surface area (Å²) in [4.78, 5) is 6.51. The van der Waals surface area contributed by atoms with Gasteiger partial charge in [0.05, 0.1) is 5.56 Å². The molecule has 16 heavy (non-hydrogen) atoms. The van der Waals surface area contributed by atoms with E-state index < -0.39 is 0 Å². The van der Waals surface area contributed by atoms with E-state index in [1.54, 1.807) is 0 Å². The maximum Gasteiger partial charge on any atom is 0.147 e. The third-order valence-corrected chi connectivity index (χ3v) is 2.36. The van der Waals surface area contributed by atoms with E-state index >= 15 is 0 Å². The van der Waals surface area contributed by atoms with Gasteiger partial charge in [-0.3, -0.25) is 0 Å². The number of hydrogen-bond acceptors (Lipinski definition) is 3. The predicted molar refractivity (Wildman–Crippen MR) is 66.4 cm³/mol. The molecule has 0 radical (unpaired) electrons. The molecule has 0 aliphatic carbocycles. The Morgan fingerprint density at radius 1 is 1.56 bits per heavy atom. The molecule has 3 nitrogen and oxygen atoms in total. The van der Waals surface area contributed by atoms with Crippen LogP contribution in [0, 0.1) is 18.3 Å². The Hall–Kier alpha value is -1.82. The van der Waals surface area contributed by atoms with Crippen molar-refractivity contribution in [1.82, 2.24) is 4.98 Å². The largest absolute Gasteiger partial charge is 0.349 e. The van der Waals surface area contributed by atoms with E-state index in [9.17, 15) is 0 Å². The van der Waals surface area contributed by atoms with Crippen LogP contribution in [0.3, 0.4) is 0 Å². The van der Waals surface area contributed by atoms with Crippen LogP contribution in [-0.2, 0) is 0 Å². The maximum absolute atomic E-state index is 9.07. The first-order valence-corrected chi connectivity index (χ1v) is 5.35. The molecule has 1 rings (SSSR count). The van der Waals surface area contributed by atoms with E-state index in [0.717, 1.165) is 11.5 Å². The van der Waals surface area contributed by atoms with Gasteiger partial charge < -0.3 is 4.90 Å². The van der Waals surface area contributed by atoms with Crippen molar-refractivity contribution in [2.75, 3.05) is 11.4 Å². The number of nitriles is 1. The zero-order chi connectivity index (χ0) is 12.1. The van der Waals surface area contributed by atoms with Gasteiger partial charge in [-0.2, -0.15) is 5.26 Å². The molecule has 0 aliphatic heterocycles. The second-order valence-electron chi connectivity index (χ2n) is 3.97. The van der Waals surface area contributed by atoms with Gasteiger partial charge in [0.25, 0.3) is 0 Å². The van der Waals surface area contributed by atoms with Crippen LogP contribution in [-0.4, -0.2) is 17.6 Å². The summed E-state index contributed by atoms with van der Waals surface area (Å²) < 4.78 is 0. The standard InChI is InChI=1S/C13H17N3/c1-5-8-16(10(2)3)13-12(9-14)7-6-11(4)15-13/h5-7,10H,1,8H2,2-4H3. The van der Waals surface area contributed by atoms with E-state index in [0.29, 0.717) is 18.2 Å². The van der Waals surface area contributed by atoms with Crippen LogP contribution in [0.25, 0.3) is 0 Å². The van der Waals surface area contributed by atoms with E-state index in [4.69, 9.17) is 5.26 Å². The van der Waals surface area contributed by atoms with Crippen molar-refractivity contribution in [3.63, 3.8) is 0 Å². The van der Waals surface area contributed by atoms with Gasteiger partial charge in [0.15, 0.2) is 0 Å². The molecule has 0 spiro atoms. The summed E-state index contributed by atoms with van der Waals surface area (Å²) in [6, 6.07) is 6.14. The minimum atomic E-state index is 0.291. The fraction of sp³-hybridized carbons (Fsp3) is 0.385. The summed E-state index contributed by atoms with van der Waals surface area (Å²) in [7, 11) is 0. The van der Waals surface area contributed by atoms with Crippen molar-refractivity contribution >= 4 is 5.82 Å². The Labute approximate surface area is 97.0 Å². The lowest BCUT2D eigenvalue weighted by Gasteiger charge is -2.27. The van der Waals surface area contributed by atoms with Crippen LogP contribution in [0.2, 0.25) is 0 Å². The fourth-order valence-corrected chi connectivity index (χ4v) is 1.53. The first kappa shape index (κ1) is 12.3. The topological polar surface area (TPSA) is 39.9 Å². The van der Waals surface area contributed by atoms with Gasteiger partial charge in [0.1, 0.15) is 11.9 Å². The number of rotatable bonds is 4. The summed E-state index contributed by atoms with van der Waals surface area (Å²) in [5.74, 6) is 0.748. The Kier molecular flexibility index (Phi) is 4.07. The first-order valence-electron chi connectivity index (χ1n) is 5.35. The van der Waals surface area contributed by atoms with Crippen LogP contribution in [0.1, 0.15) is 25.1 Å². The van der Waals surface area contributed by atoms with Gasteiger partial charge in [0, 0.05) is 18.3 Å². The lowest BCUT2D eigenvalue weighted by atomic mass is 10.2. The molecule has 1 aromatic rings. The summed E-state index contributed by atoms with van der Waals surface area (Å²) in [6.07, 6.45) is 1.82. The molecule has 84 valence electrons. The lowest BCUT2D eigenvalue weighted by Crippen LogP contribution is -2.32. The van der Waals surface area contributed by atoms with Gasteiger partial charge >= 0.3 is 0 Å². The molecule has 0 unspecified atom stereocenters. The van der Waals surface area contributed by atoms with Gasteiger partial charge in [-0.1, -0.05) is 6.08 Å². The van der Waals surface area contributed by atoms with Gasteiger partial charge in [-0.25, -0.2) is 4.98 Å². The zero-order valence-electron chi connectivity index (χ0n) is 10.1. The molecule has 1 aromatic heterocycles. The lowest BCUT2D eigenvalue weighted by molar-refractivity contribution is 0.710. The van der Waals surface area contributed by atoms with Crippen molar-refractivity contribution in [2.24, 2.45) is 0 Å². The molecule has 0 aromatic carbocycles. The molecule has 0 saturated heterocycles. The van der Waals surface area contributed by atoms with E-state index in [1.807, 2.05) is 25.1 Å². The van der Waals surface area contributed by atoms with Crippen LogP contribution >= 0.6 is 0 Å². The maximum atomic E-state index is 9.07. The summed E-state index contributed by atoms with van der Waals surface area (Å²) in [6.45, 7) is 10.5. The minimum absolute atomic E-state index is 0.291. The molecule has 3 heteroatoms. The smallest absolute Gasteiger partial charge is 0.147 e. The number of nitrogens with zero attached hydrogens (tertiary/aromatic N) is 3. The third kappa shape index (κ3) is 2.60. The molecule has 0 fully saturated rings. The van der Waals surface area contributed by atoms with Crippen LogP contribution in [0.15, 0.2) is 24.8 Å². The minimum Gasteiger partial charge on any atom is -0.349 e. The number of anilines is 1. The Morgan fingerprint density at radius 3 is 2.75 bits per heavy atom. The van der Waals surface area contributed by atoms with E-state index in [2.05, 4.69) is 36.4 Å². The molecule has 0 saturated carbocycles. The SMILES string of the molecule is C=CCN(c1nc(C)ccc1C#N)C(C)C. The second-order valence-corrected chi connectivity index (χ2v) is 3.97. The highest BCUT2D eigenvalue weighted by molar-refractivity contribution is 5.55. The molecule has 1 heterocycles. The monoisotopic (exact) mass is 215 g/mol. The first-order chi connectivity index (χ1) is 7.60. The van der Waals surface area contributed by atoms with Crippen molar-refractivity contribution < 1.29 is 0 Å². The van der Waals surface area contributed by atoms with Crippen LogP contribution < -0.4 is 4.90 Å². The summed E-state index contributed by atoms with van der Waals surface area (Å²) in [5.41, 5.74) is 1.53. The molecular formula is C13H17N3. The highest BCUT2D eigenvalue weighted by Crippen LogP contribution is 2.19. The van der Waals surface area contributed by atoms with Crippen LogP contribution in [0.5, 0.6) is 0 Å². The molecule has 0 N–H and O–H groups in total. The average Bonchev–Trinajstić information content (AvgIpc) is 2.25.